The number of ketones is 2. The molecule has 91 heavy (non-hydrogen) atoms. The van der Waals surface area contributed by atoms with Crippen LogP contribution in [0.3, 0.4) is 0 Å². The molecule has 2 aliphatic heterocycles. The third kappa shape index (κ3) is 12.9. The first kappa shape index (κ1) is 74.8. The van der Waals surface area contributed by atoms with Gasteiger partial charge in [0, 0.05) is 56.8 Å². The number of aliphatic hydroxyl groups excluding tert-OH is 6. The first-order valence-electron chi connectivity index (χ1n) is 30.1. The van der Waals surface area contributed by atoms with Gasteiger partial charge in [-0.1, -0.05) is 77.9 Å². The van der Waals surface area contributed by atoms with Crippen LogP contribution in [0, 0.1) is 64.2 Å². The number of carbonyl (C=O) groups excluding carboxylic acids is 7. The van der Waals surface area contributed by atoms with E-state index >= 15 is 0 Å². The monoisotopic (exact) mass is 1470 g/mol. The number of Topliss-reactive ketones (excluding diaryl/α,β-unsaturated/α-hetero) is 2. The van der Waals surface area contributed by atoms with E-state index < -0.39 is 195 Å². The number of ether oxygens (including phenoxy) is 7. The zero-order valence-electron chi connectivity index (χ0n) is 52.8. The molecule has 18 atom stereocenters. The van der Waals surface area contributed by atoms with Gasteiger partial charge in [-0.3, -0.25) is 24.0 Å². The van der Waals surface area contributed by atoms with E-state index in [1.54, 1.807) is 91.8 Å². The second kappa shape index (κ2) is 27.9. The fourth-order valence-electron chi connectivity index (χ4n) is 15.6. The van der Waals surface area contributed by atoms with Crippen molar-refractivity contribution in [2.45, 2.75) is 211 Å². The van der Waals surface area contributed by atoms with E-state index in [0.29, 0.717) is 17.6 Å². The summed E-state index contributed by atoms with van der Waals surface area (Å²) in [6.45, 7) is 17.9. The van der Waals surface area contributed by atoms with Gasteiger partial charge in [-0.2, -0.15) is 0 Å². The number of fused-ring (bicyclic) bond motifs is 10. The van der Waals surface area contributed by atoms with Gasteiger partial charge in [0.15, 0.2) is 35.2 Å². The summed E-state index contributed by atoms with van der Waals surface area (Å²) in [6, 6.07) is 16.1. The summed E-state index contributed by atoms with van der Waals surface area (Å²) in [5, 5.41) is 98.5. The van der Waals surface area contributed by atoms with Crippen molar-refractivity contribution in [3.05, 3.63) is 94.1 Å². The van der Waals surface area contributed by atoms with Crippen LogP contribution in [-0.2, 0) is 57.1 Å². The first-order chi connectivity index (χ1) is 42.2. The van der Waals surface area contributed by atoms with Gasteiger partial charge in [-0.25, -0.2) is 9.59 Å². The zero-order valence-corrected chi connectivity index (χ0v) is 58.2. The van der Waals surface area contributed by atoms with Crippen LogP contribution >= 0.6 is 16.9 Å². The van der Waals surface area contributed by atoms with Crippen molar-refractivity contribution in [1.29, 1.82) is 0 Å². The molecule has 9 N–H and O–H groups in total. The van der Waals surface area contributed by atoms with E-state index in [4.69, 9.17) is 60.3 Å². The van der Waals surface area contributed by atoms with E-state index in [1.807, 2.05) is 0 Å². The van der Waals surface area contributed by atoms with Gasteiger partial charge in [0.2, 0.25) is 0 Å². The fraction of sp³-hybridized carbons (Fsp3) is 0.641. The number of rotatable bonds is 9. The number of esters is 5. The number of hydrogen-bond acceptors (Lipinski definition) is 23. The predicted molar refractivity (Wildman–Crippen MR) is 321 cm³/mol. The van der Waals surface area contributed by atoms with Crippen LogP contribution in [0.2, 0.25) is 0 Å². The van der Waals surface area contributed by atoms with Crippen LogP contribution in [0.1, 0.15) is 142 Å². The topological polar surface area (TPSA) is 366 Å². The van der Waals surface area contributed by atoms with E-state index in [0.717, 1.165) is 0 Å². The molecule has 2 saturated heterocycles. The average molecular weight is 1470 g/mol. The third-order valence-electron chi connectivity index (χ3n) is 20.8. The molecule has 0 amide bonds. The Bertz CT molecular complexity index is 3160. The van der Waals surface area contributed by atoms with Crippen molar-refractivity contribution in [1.82, 2.24) is 0 Å². The quantitative estimate of drug-likeness (QED) is 0.0697. The molecule has 4 bridgehead atoms. The molecule has 23 nitrogen and oxygen atoms in total. The zero-order chi connectivity index (χ0) is 68.3. The minimum atomic E-state index is -2.24. The van der Waals surface area contributed by atoms with Gasteiger partial charge in [0.25, 0.3) is 0 Å². The van der Waals surface area contributed by atoms with Crippen LogP contribution in [0.25, 0.3) is 0 Å². The minimum absolute atomic E-state index is 0.0589. The van der Waals surface area contributed by atoms with Gasteiger partial charge in [-0.15, -0.1) is 0 Å². The molecule has 0 radical (unpaired) electrons. The van der Waals surface area contributed by atoms with Gasteiger partial charge >= 0.3 is 77.4 Å². The maximum atomic E-state index is 14.9. The number of aliphatic hydroxyl groups is 9. The van der Waals surface area contributed by atoms with Gasteiger partial charge in [0.1, 0.15) is 41.7 Å². The van der Waals surface area contributed by atoms with Gasteiger partial charge in [-0.05, 0) is 80.7 Å². The molecule has 0 spiro atoms. The number of halogens is 3. The predicted octanol–water partition coefficient (Wildman–Crippen LogP) is 4.90. The molecule has 2 aromatic carbocycles. The molecule has 0 aromatic heterocycles. The Morgan fingerprint density at radius 2 is 0.956 bits per heavy atom. The SMILES string of the molecule is CC(=O)O[C@@]12CO[C@@H]1CC(O)[C@@]1(C)C(=O)[C@H](O)C3=C(C)[C@@H](O)C[C@@](O)([C@@H](OC(=O)c4ccccc4)C12)C3(C)C.CCC(=O)O[C@H]1C(=O)[C@@]2(C)C([C@H](OC(=O)c3ccccc3)[C@]3(O)C[C@H](O)C(C)=C1C3(C)C)[C@]1(OC(C)=O)CO[C@@H]1C[C@@H]2O.CCC(O)O.[Cl][Ce]([Cl])[Cl]. The maximum absolute atomic E-state index is 14.9. The van der Waals surface area contributed by atoms with E-state index in [9.17, 15) is 69.3 Å². The van der Waals surface area contributed by atoms with Crippen molar-refractivity contribution in [2.75, 3.05) is 13.2 Å². The molecule has 6 fully saturated rings. The molecule has 6 aliphatic carbocycles. The standard InChI is InChI=1S/C32H40O11.C29H36O10.C3H8O2.Ce.3ClH/c1-7-22(36)41-24-23-16(2)19(34)14-32(39,29(23,4)5)27(42-28(38)18-11-9-8-10-12-18)25-30(6,26(24)37)20(35)13-21-31(25,15-40-21)43-17(3)33;1-14-17(31)12-29(36)24(38-25(35)16-9-7-6-8-10-16)22-27(5,23(34)21(33)20(14)26(29,3)4)18(32)11-19-28(22,13-37-19)39-15(2)30;1-2-3(4)5;;;;/h8-12,19-21,24-25,27,34-35,39H,7,13-15H2,1-6H3;6-10,17-19,21-22,24,31-33,36H,11-13H2,1-5H3;3-5H,2H2,1H3;;3*1H/q;;;+3;;;/p-3/t19-,20-,21+,24+,25?,27-,30+,31-,32+;17-,18?,19+,21+,22?,24-,27+,28-,29+;;;;;/m00...../s1. The average Bonchev–Trinajstić information content (AvgIpc) is 0.678. The van der Waals surface area contributed by atoms with Crippen molar-refractivity contribution >= 4 is 58.3 Å². The van der Waals surface area contributed by atoms with Crippen LogP contribution in [-0.4, -0.2) is 190 Å². The Hall–Kier alpha value is -3.58. The summed E-state index contributed by atoms with van der Waals surface area (Å²) in [7, 11) is 0. The summed E-state index contributed by atoms with van der Waals surface area (Å²) in [5.74, 6) is -7.91. The second-order valence-electron chi connectivity index (χ2n) is 26.3. The Labute approximate surface area is 549 Å². The van der Waals surface area contributed by atoms with Gasteiger partial charge < -0.3 is 79.1 Å². The molecule has 10 rings (SSSR count). The molecular formula is C64H84CeCl3O23. The Morgan fingerprint density at radius 1 is 0.604 bits per heavy atom. The summed E-state index contributed by atoms with van der Waals surface area (Å²) in [5.41, 5.74) is 2.45. The van der Waals surface area contributed by atoms with Crippen molar-refractivity contribution in [2.24, 2.45) is 33.5 Å². The Balaban J connectivity index is 0.000000229. The summed E-state index contributed by atoms with van der Waals surface area (Å²) < 4.78 is 41.4. The molecule has 8 aliphatic rings. The van der Waals surface area contributed by atoms with Crippen LogP contribution in [0.15, 0.2) is 83.0 Å². The normalized spacial score (nSPS) is 37.9. The summed E-state index contributed by atoms with van der Waals surface area (Å²) in [4.78, 5) is 94.3. The molecular weight excluding hydrogens is 1380 g/mol. The molecule has 27 heteroatoms. The van der Waals surface area contributed by atoms with Gasteiger partial charge in [0.05, 0.1) is 71.4 Å². The van der Waals surface area contributed by atoms with Crippen molar-refractivity contribution in [3.63, 3.8) is 0 Å². The molecule has 2 heterocycles. The summed E-state index contributed by atoms with van der Waals surface area (Å²) in [6.07, 6.45) is -15.3. The van der Waals surface area contributed by atoms with Crippen molar-refractivity contribution < 1.29 is 143 Å². The molecule has 503 valence electrons. The van der Waals surface area contributed by atoms with Crippen LogP contribution in [0.4, 0.5) is 0 Å². The Morgan fingerprint density at radius 3 is 1.29 bits per heavy atom. The Kier molecular flexibility index (Phi) is 22.9. The molecule has 3 unspecified atom stereocenters. The number of hydrogen-bond donors (Lipinski definition) is 9. The number of carbonyl (C=O) groups is 7. The summed E-state index contributed by atoms with van der Waals surface area (Å²) >= 11 is -2.24. The van der Waals surface area contributed by atoms with E-state index in [2.05, 4.69) is 0 Å². The molecule has 4 saturated carbocycles. The van der Waals surface area contributed by atoms with Crippen LogP contribution in [0.5, 0.6) is 0 Å². The van der Waals surface area contributed by atoms with E-state index in [1.165, 1.54) is 52.0 Å². The number of benzene rings is 2. The molecule has 2 aromatic rings. The van der Waals surface area contributed by atoms with Crippen LogP contribution < -0.4 is 0 Å². The third-order valence-corrected chi connectivity index (χ3v) is 20.8. The van der Waals surface area contributed by atoms with Crippen molar-refractivity contribution in [3.8, 4) is 0 Å². The fourth-order valence-corrected chi connectivity index (χ4v) is 15.6. The van der Waals surface area contributed by atoms with E-state index in [-0.39, 0.29) is 67.6 Å². The second-order valence-corrected chi connectivity index (χ2v) is 40.1. The first-order valence-corrected chi connectivity index (χ1v) is 41.9.